The second kappa shape index (κ2) is 7.89. The van der Waals surface area contributed by atoms with Crippen molar-refractivity contribution in [3.63, 3.8) is 0 Å². The lowest BCUT2D eigenvalue weighted by molar-refractivity contribution is -0.385. The van der Waals surface area contributed by atoms with Crippen LogP contribution in [0.15, 0.2) is 67.1 Å². The van der Waals surface area contributed by atoms with Gasteiger partial charge in [-0.05, 0) is 48.4 Å². The smallest absolute Gasteiger partial charge is 0.373 e. The predicted molar refractivity (Wildman–Crippen MR) is 110 cm³/mol. The first-order valence-electron chi connectivity index (χ1n) is 9.02. The monoisotopic (exact) mass is 387 g/mol. The summed E-state index contributed by atoms with van der Waals surface area (Å²) in [6.45, 7) is 2.05. The molecule has 4 aromatic rings. The fraction of sp³-hybridized carbons (Fsp3) is 0.0952. The Balaban J connectivity index is 1.72. The van der Waals surface area contributed by atoms with E-state index in [-0.39, 0.29) is 17.4 Å². The van der Waals surface area contributed by atoms with Crippen LogP contribution in [0.1, 0.15) is 12.5 Å². The lowest BCUT2D eigenvalue weighted by Crippen LogP contribution is -2.04. The highest BCUT2D eigenvalue weighted by Gasteiger charge is 2.25. The maximum Gasteiger partial charge on any atom is 0.373 e. The maximum atomic E-state index is 11.8. The van der Waals surface area contributed by atoms with Crippen LogP contribution in [0.2, 0.25) is 0 Å². The van der Waals surface area contributed by atoms with Crippen molar-refractivity contribution in [2.75, 3.05) is 5.32 Å². The van der Waals surface area contributed by atoms with E-state index in [9.17, 15) is 10.1 Å². The number of hydrogen-bond acceptors (Lipinski definition) is 7. The molecule has 2 heterocycles. The summed E-state index contributed by atoms with van der Waals surface area (Å²) in [6, 6.07) is 16.5. The average molecular weight is 387 g/mol. The molecule has 0 fully saturated rings. The molecule has 2 aromatic heterocycles. The number of nitrogens with one attached hydrogen (secondary N) is 1. The first kappa shape index (κ1) is 18.3. The summed E-state index contributed by atoms with van der Waals surface area (Å²) in [7, 11) is 0. The number of benzene rings is 2. The molecule has 0 bridgehead atoms. The number of nitro groups is 1. The van der Waals surface area contributed by atoms with E-state index in [4.69, 9.17) is 4.74 Å². The van der Waals surface area contributed by atoms with Gasteiger partial charge in [-0.15, -0.1) is 0 Å². The number of pyridine rings is 1. The second-order valence-corrected chi connectivity index (χ2v) is 6.23. The Morgan fingerprint density at radius 3 is 2.62 bits per heavy atom. The molecule has 0 saturated carbocycles. The number of aryl methyl sites for hydroxylation is 1. The van der Waals surface area contributed by atoms with Crippen molar-refractivity contribution >= 4 is 28.1 Å². The van der Waals surface area contributed by atoms with Crippen LogP contribution in [-0.4, -0.2) is 19.9 Å². The molecule has 144 valence electrons. The van der Waals surface area contributed by atoms with Gasteiger partial charge in [-0.3, -0.25) is 15.1 Å². The highest BCUT2D eigenvalue weighted by atomic mass is 16.6. The number of ether oxygens (including phenoxy) is 1. The zero-order chi connectivity index (χ0) is 20.2. The highest BCUT2D eigenvalue weighted by Crippen LogP contribution is 2.36. The van der Waals surface area contributed by atoms with Gasteiger partial charge in [0.25, 0.3) is 0 Å². The number of rotatable bonds is 6. The molecule has 0 spiro atoms. The molecule has 0 amide bonds. The largest absolute Gasteiger partial charge is 0.434 e. The van der Waals surface area contributed by atoms with Crippen LogP contribution in [-0.2, 0) is 6.42 Å². The van der Waals surface area contributed by atoms with E-state index in [2.05, 4.69) is 20.3 Å². The molecule has 0 atom stereocenters. The molecule has 0 unspecified atom stereocenters. The topological polar surface area (TPSA) is 103 Å². The van der Waals surface area contributed by atoms with Gasteiger partial charge in [-0.1, -0.05) is 25.1 Å². The van der Waals surface area contributed by atoms with Crippen molar-refractivity contribution in [3.8, 4) is 11.6 Å². The summed E-state index contributed by atoms with van der Waals surface area (Å²) in [6.07, 6.45) is 3.81. The molecule has 1 N–H and O–H groups in total. The number of aromatic nitrogens is 3. The molecule has 0 saturated heterocycles. The van der Waals surface area contributed by atoms with Crippen LogP contribution < -0.4 is 10.1 Å². The van der Waals surface area contributed by atoms with Gasteiger partial charge in [0.2, 0.25) is 5.82 Å². The second-order valence-electron chi connectivity index (χ2n) is 6.23. The molecule has 0 aliphatic rings. The SMILES string of the molecule is CCc1ccc(Oc2ncnc(Nc3cccc4ncccc34)c2[N+](=O)[O-])cc1. The molecular formula is C21H17N5O3. The van der Waals surface area contributed by atoms with Gasteiger partial charge in [0.1, 0.15) is 12.1 Å². The number of nitrogens with zero attached hydrogens (tertiary/aromatic N) is 4. The quantitative estimate of drug-likeness (QED) is 0.365. The highest BCUT2D eigenvalue weighted by molar-refractivity contribution is 5.93. The fourth-order valence-corrected chi connectivity index (χ4v) is 2.94. The average Bonchev–Trinajstić information content (AvgIpc) is 2.74. The zero-order valence-corrected chi connectivity index (χ0v) is 15.6. The molecule has 8 heteroatoms. The van der Waals surface area contributed by atoms with Crippen LogP contribution in [0.25, 0.3) is 10.9 Å². The molecular weight excluding hydrogens is 370 g/mol. The molecule has 8 nitrogen and oxygen atoms in total. The zero-order valence-electron chi connectivity index (χ0n) is 15.6. The minimum absolute atomic E-state index is 0.0431. The van der Waals surface area contributed by atoms with E-state index in [1.807, 2.05) is 37.3 Å². The third kappa shape index (κ3) is 3.81. The summed E-state index contributed by atoms with van der Waals surface area (Å²) in [4.78, 5) is 23.6. The molecule has 0 aliphatic heterocycles. The minimum Gasteiger partial charge on any atom is -0.434 e. The van der Waals surface area contributed by atoms with Gasteiger partial charge < -0.3 is 10.1 Å². The van der Waals surface area contributed by atoms with Gasteiger partial charge in [-0.25, -0.2) is 4.98 Å². The Morgan fingerprint density at radius 2 is 1.86 bits per heavy atom. The van der Waals surface area contributed by atoms with E-state index in [1.165, 1.54) is 6.33 Å². The van der Waals surface area contributed by atoms with Crippen molar-refractivity contribution in [3.05, 3.63) is 82.8 Å². The van der Waals surface area contributed by atoms with Crippen molar-refractivity contribution in [1.29, 1.82) is 0 Å². The standard InChI is InChI=1S/C21H17N5O3/c1-2-14-8-10-15(11-9-14)29-21-19(26(27)28)20(23-13-24-21)25-18-7-3-6-17-16(18)5-4-12-22-17/h3-13H,2H2,1H3,(H,23,24,25). The molecule has 2 aromatic carbocycles. The summed E-state index contributed by atoms with van der Waals surface area (Å²) in [5, 5.41) is 15.6. The molecule has 4 rings (SSSR count). The van der Waals surface area contributed by atoms with Crippen LogP contribution >= 0.6 is 0 Å². The Hall–Kier alpha value is -4.07. The van der Waals surface area contributed by atoms with Crippen molar-refractivity contribution in [1.82, 2.24) is 15.0 Å². The predicted octanol–water partition coefficient (Wildman–Crippen LogP) is 5.03. The molecule has 29 heavy (non-hydrogen) atoms. The summed E-state index contributed by atoms with van der Waals surface area (Å²) >= 11 is 0. The van der Waals surface area contributed by atoms with E-state index in [0.717, 1.165) is 22.9 Å². The van der Waals surface area contributed by atoms with Crippen LogP contribution in [0, 0.1) is 10.1 Å². The van der Waals surface area contributed by atoms with Crippen molar-refractivity contribution in [2.45, 2.75) is 13.3 Å². The minimum atomic E-state index is -0.554. The molecule has 0 radical (unpaired) electrons. The third-order valence-corrected chi connectivity index (χ3v) is 4.42. The Kier molecular flexibility index (Phi) is 4.98. The Morgan fingerprint density at radius 1 is 1.03 bits per heavy atom. The van der Waals surface area contributed by atoms with Crippen molar-refractivity contribution in [2.24, 2.45) is 0 Å². The number of anilines is 2. The number of hydrogen-bond donors (Lipinski definition) is 1. The summed E-state index contributed by atoms with van der Waals surface area (Å²) in [5.74, 6) is 0.376. The summed E-state index contributed by atoms with van der Waals surface area (Å²) in [5.41, 5.74) is 2.21. The first-order chi connectivity index (χ1) is 14.2. The lowest BCUT2D eigenvalue weighted by Gasteiger charge is -2.11. The van der Waals surface area contributed by atoms with Crippen LogP contribution in [0.4, 0.5) is 17.2 Å². The Bertz CT molecular complexity index is 1170. The van der Waals surface area contributed by atoms with E-state index < -0.39 is 4.92 Å². The van der Waals surface area contributed by atoms with E-state index >= 15 is 0 Å². The first-order valence-corrected chi connectivity index (χ1v) is 9.02. The van der Waals surface area contributed by atoms with Gasteiger partial charge in [-0.2, -0.15) is 4.98 Å². The van der Waals surface area contributed by atoms with Gasteiger partial charge >= 0.3 is 11.6 Å². The Labute approximate surface area is 166 Å². The summed E-state index contributed by atoms with van der Waals surface area (Å²) < 4.78 is 5.69. The van der Waals surface area contributed by atoms with E-state index in [0.29, 0.717) is 11.4 Å². The van der Waals surface area contributed by atoms with Gasteiger partial charge in [0, 0.05) is 17.3 Å². The van der Waals surface area contributed by atoms with Crippen molar-refractivity contribution < 1.29 is 9.66 Å². The van der Waals surface area contributed by atoms with Crippen LogP contribution in [0.3, 0.4) is 0 Å². The fourth-order valence-electron chi connectivity index (χ4n) is 2.94. The normalized spacial score (nSPS) is 10.7. The molecule has 0 aliphatic carbocycles. The lowest BCUT2D eigenvalue weighted by atomic mass is 10.2. The number of fused-ring (bicyclic) bond motifs is 1. The third-order valence-electron chi connectivity index (χ3n) is 4.42. The van der Waals surface area contributed by atoms with Gasteiger partial charge in [0.15, 0.2) is 0 Å². The van der Waals surface area contributed by atoms with Gasteiger partial charge in [0.05, 0.1) is 10.4 Å². The maximum absolute atomic E-state index is 11.8. The van der Waals surface area contributed by atoms with Crippen LogP contribution in [0.5, 0.6) is 11.6 Å². The van der Waals surface area contributed by atoms with E-state index in [1.54, 1.807) is 30.5 Å².